The molecule has 1 aliphatic heterocycles. The SMILES string of the molecule is CC1(C)C(=O)N(c2ccc(OC3CCCCC3)nc2)c2nc(Cl)nc(Cl)c21. The van der Waals surface area contributed by atoms with Crippen LogP contribution in [0, 0.1) is 0 Å². The van der Waals surface area contributed by atoms with E-state index in [2.05, 4.69) is 15.0 Å². The van der Waals surface area contributed by atoms with Crippen molar-refractivity contribution in [3.8, 4) is 5.88 Å². The summed E-state index contributed by atoms with van der Waals surface area (Å²) in [5.74, 6) is 0.812. The molecule has 0 saturated heterocycles. The highest BCUT2D eigenvalue weighted by Gasteiger charge is 2.48. The monoisotopic (exact) mass is 406 g/mol. The van der Waals surface area contributed by atoms with Crippen LogP contribution >= 0.6 is 23.2 Å². The molecule has 142 valence electrons. The number of carbonyl (C=O) groups is 1. The molecule has 0 bridgehead atoms. The molecular formula is C19H20Cl2N4O2. The fourth-order valence-electron chi connectivity index (χ4n) is 3.75. The van der Waals surface area contributed by atoms with Gasteiger partial charge in [-0.25, -0.2) is 9.97 Å². The first-order valence-corrected chi connectivity index (χ1v) is 9.84. The molecule has 2 aromatic heterocycles. The van der Waals surface area contributed by atoms with Crippen molar-refractivity contribution >= 4 is 40.6 Å². The Morgan fingerprint density at radius 3 is 2.56 bits per heavy atom. The normalized spacial score (nSPS) is 19.3. The predicted octanol–water partition coefficient (Wildman–Crippen LogP) is 4.85. The second-order valence-electron chi connectivity index (χ2n) is 7.48. The lowest BCUT2D eigenvalue weighted by Gasteiger charge is -2.23. The molecule has 1 aliphatic carbocycles. The summed E-state index contributed by atoms with van der Waals surface area (Å²) in [4.78, 5) is 27.2. The number of fused-ring (bicyclic) bond motifs is 1. The van der Waals surface area contributed by atoms with Gasteiger partial charge in [0, 0.05) is 11.6 Å². The van der Waals surface area contributed by atoms with Crippen LogP contribution in [0.5, 0.6) is 5.88 Å². The molecule has 0 unspecified atom stereocenters. The van der Waals surface area contributed by atoms with Gasteiger partial charge < -0.3 is 4.74 Å². The zero-order chi connectivity index (χ0) is 19.2. The fourth-order valence-corrected chi connectivity index (χ4v) is 4.36. The van der Waals surface area contributed by atoms with Crippen molar-refractivity contribution in [1.29, 1.82) is 0 Å². The van der Waals surface area contributed by atoms with Crippen molar-refractivity contribution in [2.45, 2.75) is 57.5 Å². The highest BCUT2D eigenvalue weighted by molar-refractivity contribution is 6.34. The maximum atomic E-state index is 13.0. The third kappa shape index (κ3) is 3.25. The number of carbonyl (C=O) groups excluding carboxylic acids is 1. The van der Waals surface area contributed by atoms with Crippen molar-refractivity contribution in [1.82, 2.24) is 15.0 Å². The average Bonchev–Trinajstić information content (AvgIpc) is 2.83. The number of amides is 1. The number of aromatic nitrogens is 3. The number of hydrogen-bond donors (Lipinski definition) is 0. The predicted molar refractivity (Wildman–Crippen MR) is 104 cm³/mol. The maximum absolute atomic E-state index is 13.0. The topological polar surface area (TPSA) is 68.2 Å². The second-order valence-corrected chi connectivity index (χ2v) is 8.18. The smallest absolute Gasteiger partial charge is 0.243 e. The Balaban J connectivity index is 1.65. The minimum Gasteiger partial charge on any atom is -0.474 e. The van der Waals surface area contributed by atoms with Crippen molar-refractivity contribution in [3.63, 3.8) is 0 Å². The van der Waals surface area contributed by atoms with Crippen LogP contribution in [-0.4, -0.2) is 27.0 Å². The van der Waals surface area contributed by atoms with Gasteiger partial charge in [-0.05, 0) is 57.2 Å². The summed E-state index contributed by atoms with van der Waals surface area (Å²) in [5, 5.41) is 0.190. The van der Waals surface area contributed by atoms with Crippen LogP contribution < -0.4 is 9.64 Å². The Bertz CT molecular complexity index is 880. The minimum absolute atomic E-state index is 0.000499. The standard InChI is InChI=1S/C19H20Cl2N4O2/c1-19(2)14-15(20)23-18(21)24-16(14)25(17(19)26)11-8-9-13(22-10-11)27-12-6-4-3-5-7-12/h8-10,12H,3-7H2,1-2H3. The Morgan fingerprint density at radius 1 is 1.15 bits per heavy atom. The van der Waals surface area contributed by atoms with Crippen LogP contribution in [0.4, 0.5) is 11.5 Å². The van der Waals surface area contributed by atoms with Crippen molar-refractivity contribution < 1.29 is 9.53 Å². The second kappa shape index (κ2) is 6.91. The van der Waals surface area contributed by atoms with Gasteiger partial charge in [0.1, 0.15) is 11.3 Å². The Kier molecular flexibility index (Phi) is 4.72. The summed E-state index contributed by atoms with van der Waals surface area (Å²) in [6.45, 7) is 3.59. The minimum atomic E-state index is -0.853. The molecule has 1 amide bonds. The van der Waals surface area contributed by atoms with E-state index in [1.165, 1.54) is 24.2 Å². The first-order chi connectivity index (χ1) is 12.9. The third-order valence-electron chi connectivity index (χ3n) is 5.21. The zero-order valence-electron chi connectivity index (χ0n) is 15.2. The molecule has 0 N–H and O–H groups in total. The lowest BCUT2D eigenvalue weighted by atomic mass is 9.88. The number of anilines is 2. The lowest BCUT2D eigenvalue weighted by Crippen LogP contribution is -2.33. The molecule has 0 radical (unpaired) electrons. The molecule has 27 heavy (non-hydrogen) atoms. The summed E-state index contributed by atoms with van der Waals surface area (Å²) in [6, 6.07) is 3.59. The Hall–Kier alpha value is -1.92. The van der Waals surface area contributed by atoms with Gasteiger partial charge in [0.25, 0.3) is 0 Å². The number of hydrogen-bond acceptors (Lipinski definition) is 5. The van der Waals surface area contributed by atoms with Gasteiger partial charge in [-0.1, -0.05) is 18.0 Å². The lowest BCUT2D eigenvalue weighted by molar-refractivity contribution is -0.121. The number of nitrogens with zero attached hydrogens (tertiary/aromatic N) is 4. The summed E-state index contributed by atoms with van der Waals surface area (Å²) in [7, 11) is 0. The van der Waals surface area contributed by atoms with Gasteiger partial charge in [0.05, 0.1) is 17.3 Å². The molecule has 0 aromatic carbocycles. The summed E-state index contributed by atoms with van der Waals surface area (Å²) < 4.78 is 5.97. The van der Waals surface area contributed by atoms with Crippen molar-refractivity contribution in [2.75, 3.05) is 4.90 Å². The van der Waals surface area contributed by atoms with Gasteiger partial charge >= 0.3 is 0 Å². The summed E-state index contributed by atoms with van der Waals surface area (Å²) >= 11 is 12.2. The molecule has 8 heteroatoms. The van der Waals surface area contributed by atoms with E-state index in [0.717, 1.165) is 12.8 Å². The quantitative estimate of drug-likeness (QED) is 0.538. The van der Waals surface area contributed by atoms with E-state index in [1.807, 2.05) is 0 Å². The van der Waals surface area contributed by atoms with Crippen LogP contribution in [0.1, 0.15) is 51.5 Å². The molecule has 1 fully saturated rings. The van der Waals surface area contributed by atoms with E-state index in [0.29, 0.717) is 22.9 Å². The van der Waals surface area contributed by atoms with E-state index in [4.69, 9.17) is 27.9 Å². The maximum Gasteiger partial charge on any atom is 0.243 e. The van der Waals surface area contributed by atoms with Gasteiger partial charge in [0.15, 0.2) is 5.82 Å². The number of ether oxygens (including phenoxy) is 1. The molecular weight excluding hydrogens is 387 g/mol. The number of rotatable bonds is 3. The molecule has 0 spiro atoms. The van der Waals surface area contributed by atoms with Gasteiger partial charge in [-0.15, -0.1) is 0 Å². The third-order valence-corrected chi connectivity index (χ3v) is 5.65. The van der Waals surface area contributed by atoms with Crippen LogP contribution in [0.3, 0.4) is 0 Å². The zero-order valence-corrected chi connectivity index (χ0v) is 16.7. The molecule has 3 heterocycles. The van der Waals surface area contributed by atoms with E-state index >= 15 is 0 Å². The van der Waals surface area contributed by atoms with Crippen molar-refractivity contribution in [3.05, 3.63) is 34.3 Å². The Morgan fingerprint density at radius 2 is 1.89 bits per heavy atom. The first kappa shape index (κ1) is 18.4. The largest absolute Gasteiger partial charge is 0.474 e. The summed E-state index contributed by atoms with van der Waals surface area (Å²) in [5.41, 5.74) is 0.309. The Labute approximate surface area is 167 Å². The summed E-state index contributed by atoms with van der Waals surface area (Å²) in [6.07, 6.45) is 7.61. The van der Waals surface area contributed by atoms with Gasteiger partial charge in [-0.2, -0.15) is 4.98 Å². The molecule has 4 rings (SSSR count). The van der Waals surface area contributed by atoms with E-state index in [-0.39, 0.29) is 22.4 Å². The van der Waals surface area contributed by atoms with Gasteiger partial charge in [0.2, 0.25) is 17.1 Å². The highest BCUT2D eigenvalue weighted by Crippen LogP contribution is 2.47. The van der Waals surface area contributed by atoms with E-state index in [9.17, 15) is 4.79 Å². The number of pyridine rings is 1. The van der Waals surface area contributed by atoms with E-state index < -0.39 is 5.41 Å². The molecule has 1 saturated carbocycles. The van der Waals surface area contributed by atoms with Crippen LogP contribution in [0.15, 0.2) is 18.3 Å². The first-order valence-electron chi connectivity index (χ1n) is 9.08. The van der Waals surface area contributed by atoms with E-state index in [1.54, 1.807) is 32.2 Å². The van der Waals surface area contributed by atoms with Gasteiger partial charge in [-0.3, -0.25) is 9.69 Å². The molecule has 6 nitrogen and oxygen atoms in total. The molecule has 2 aromatic rings. The van der Waals surface area contributed by atoms with Crippen LogP contribution in [-0.2, 0) is 10.2 Å². The van der Waals surface area contributed by atoms with Crippen LogP contribution in [0.25, 0.3) is 0 Å². The van der Waals surface area contributed by atoms with Crippen LogP contribution in [0.2, 0.25) is 10.4 Å². The number of halogens is 2. The highest BCUT2D eigenvalue weighted by atomic mass is 35.5. The average molecular weight is 407 g/mol. The molecule has 0 atom stereocenters. The fraction of sp³-hybridized carbons (Fsp3) is 0.474. The molecule has 2 aliphatic rings. The van der Waals surface area contributed by atoms with Crippen molar-refractivity contribution in [2.24, 2.45) is 0 Å².